The average Bonchev–Trinajstić information content (AvgIpc) is 3.27. The van der Waals surface area contributed by atoms with E-state index in [0.717, 1.165) is 26.9 Å². The van der Waals surface area contributed by atoms with Crippen LogP contribution in [0.15, 0.2) is 40.2 Å². The first-order chi connectivity index (χ1) is 10.6. The molecular weight excluding hydrogens is 362 g/mol. The zero-order valence-corrected chi connectivity index (χ0v) is 14.8. The van der Waals surface area contributed by atoms with E-state index in [-0.39, 0.29) is 5.91 Å². The summed E-state index contributed by atoms with van der Waals surface area (Å²) in [6, 6.07) is 11.5. The molecule has 1 fully saturated rings. The minimum absolute atomic E-state index is 0.0262. The van der Waals surface area contributed by atoms with Crippen molar-refractivity contribution in [3.63, 3.8) is 0 Å². The lowest BCUT2D eigenvalue weighted by molar-refractivity contribution is 0.0786. The van der Waals surface area contributed by atoms with Crippen LogP contribution in [0.3, 0.4) is 0 Å². The molecule has 0 aliphatic heterocycles. The molecule has 3 nitrogen and oxygen atoms in total. The first-order valence-corrected chi connectivity index (χ1v) is 8.95. The van der Waals surface area contributed by atoms with Crippen LogP contribution in [0.2, 0.25) is 0 Å². The summed E-state index contributed by atoms with van der Waals surface area (Å²) in [7, 11) is 1.83. The fourth-order valence-corrected chi connectivity index (χ4v) is 3.69. The number of hydrogen-bond acceptors (Lipinski definition) is 3. The fraction of sp³-hybridized carbons (Fsp3) is 0.353. The van der Waals surface area contributed by atoms with Crippen LogP contribution < -0.4 is 4.74 Å². The van der Waals surface area contributed by atoms with Gasteiger partial charge in [-0.1, -0.05) is 0 Å². The molecule has 0 bridgehead atoms. The van der Waals surface area contributed by atoms with E-state index in [1.807, 2.05) is 43.4 Å². The van der Waals surface area contributed by atoms with Crippen molar-refractivity contribution in [2.75, 3.05) is 13.7 Å². The molecule has 3 rings (SSSR count). The molecule has 1 aromatic carbocycles. The molecule has 0 saturated heterocycles. The van der Waals surface area contributed by atoms with Crippen LogP contribution in [0.1, 0.15) is 28.1 Å². The summed E-state index contributed by atoms with van der Waals surface area (Å²) in [5.74, 6) is 1.60. The number of amides is 1. The molecule has 0 spiro atoms. The Balaban J connectivity index is 1.58. The molecule has 1 heterocycles. The number of carbonyl (C=O) groups is 1. The van der Waals surface area contributed by atoms with E-state index in [2.05, 4.69) is 15.9 Å². The van der Waals surface area contributed by atoms with Crippen molar-refractivity contribution in [1.82, 2.24) is 4.90 Å². The monoisotopic (exact) mass is 379 g/mol. The Morgan fingerprint density at radius 1 is 1.27 bits per heavy atom. The van der Waals surface area contributed by atoms with Gasteiger partial charge >= 0.3 is 0 Å². The van der Waals surface area contributed by atoms with Gasteiger partial charge in [0, 0.05) is 17.5 Å². The van der Waals surface area contributed by atoms with Crippen LogP contribution in [0.5, 0.6) is 5.75 Å². The van der Waals surface area contributed by atoms with Gasteiger partial charge in [0.1, 0.15) is 5.75 Å². The third-order valence-electron chi connectivity index (χ3n) is 3.65. The van der Waals surface area contributed by atoms with Crippen LogP contribution in [0.25, 0.3) is 0 Å². The predicted molar refractivity (Wildman–Crippen MR) is 92.5 cm³/mol. The van der Waals surface area contributed by atoms with Crippen LogP contribution in [0.4, 0.5) is 0 Å². The second-order valence-electron chi connectivity index (χ2n) is 5.65. The van der Waals surface area contributed by atoms with Crippen LogP contribution in [-0.2, 0) is 6.54 Å². The second kappa shape index (κ2) is 6.84. The van der Waals surface area contributed by atoms with Gasteiger partial charge in [-0.2, -0.15) is 0 Å². The summed E-state index contributed by atoms with van der Waals surface area (Å²) >= 11 is 5.09. The maximum absolute atomic E-state index is 12.4. The van der Waals surface area contributed by atoms with Gasteiger partial charge in [-0.25, -0.2) is 0 Å². The number of halogens is 1. The molecule has 0 atom stereocenters. The zero-order valence-electron chi connectivity index (χ0n) is 12.4. The van der Waals surface area contributed by atoms with Gasteiger partial charge in [-0.05, 0) is 71.1 Å². The molecule has 0 radical (unpaired) electrons. The minimum Gasteiger partial charge on any atom is -0.493 e. The summed E-state index contributed by atoms with van der Waals surface area (Å²) in [5, 5.41) is 0. The molecule has 1 aliphatic carbocycles. The quantitative estimate of drug-likeness (QED) is 0.735. The van der Waals surface area contributed by atoms with Gasteiger partial charge in [0.05, 0.1) is 16.9 Å². The summed E-state index contributed by atoms with van der Waals surface area (Å²) in [6.45, 7) is 1.41. The normalized spacial score (nSPS) is 13.9. The fourth-order valence-electron chi connectivity index (χ4n) is 2.15. The highest BCUT2D eigenvalue weighted by molar-refractivity contribution is 9.11. The van der Waals surface area contributed by atoms with Crippen molar-refractivity contribution in [3.8, 4) is 5.75 Å². The number of benzene rings is 1. The molecule has 5 heteroatoms. The highest BCUT2D eigenvalue weighted by Crippen LogP contribution is 2.29. The Bertz CT molecular complexity index is 649. The molecule has 1 saturated carbocycles. The van der Waals surface area contributed by atoms with Crippen molar-refractivity contribution in [1.29, 1.82) is 0 Å². The predicted octanol–water partition coefficient (Wildman–Crippen LogP) is 4.57. The number of thiophene rings is 1. The average molecular weight is 380 g/mol. The molecule has 2 aromatic rings. The largest absolute Gasteiger partial charge is 0.493 e. The number of rotatable bonds is 6. The molecule has 1 aromatic heterocycles. The van der Waals surface area contributed by atoms with Gasteiger partial charge in [0.15, 0.2) is 0 Å². The van der Waals surface area contributed by atoms with E-state index in [0.29, 0.717) is 12.1 Å². The van der Waals surface area contributed by atoms with E-state index in [4.69, 9.17) is 4.74 Å². The second-order valence-corrected chi connectivity index (χ2v) is 8.19. The third kappa shape index (κ3) is 4.11. The molecule has 22 heavy (non-hydrogen) atoms. The standard InChI is InChI=1S/C17H18BrNO2S/c1-19(10-15-8-9-16(18)22-15)17(20)13-4-6-14(7-5-13)21-11-12-2-3-12/h4-9,12H,2-3,10-11H2,1H3. The first-order valence-electron chi connectivity index (χ1n) is 7.34. The van der Waals surface area contributed by atoms with E-state index >= 15 is 0 Å². The SMILES string of the molecule is CN(Cc1ccc(Br)s1)C(=O)c1ccc(OCC2CC2)cc1. The van der Waals surface area contributed by atoms with Gasteiger partial charge in [0.25, 0.3) is 5.91 Å². The lowest BCUT2D eigenvalue weighted by atomic mass is 10.2. The lowest BCUT2D eigenvalue weighted by Gasteiger charge is -2.16. The van der Waals surface area contributed by atoms with Crippen molar-refractivity contribution >= 4 is 33.2 Å². The van der Waals surface area contributed by atoms with Gasteiger partial charge in [0.2, 0.25) is 0 Å². The molecular formula is C17H18BrNO2S. The van der Waals surface area contributed by atoms with Crippen molar-refractivity contribution < 1.29 is 9.53 Å². The highest BCUT2D eigenvalue weighted by Gasteiger charge is 2.22. The highest BCUT2D eigenvalue weighted by atomic mass is 79.9. The first kappa shape index (κ1) is 15.6. The molecule has 0 N–H and O–H groups in total. The maximum Gasteiger partial charge on any atom is 0.253 e. The third-order valence-corrected chi connectivity index (χ3v) is 5.26. The number of ether oxygens (including phenoxy) is 1. The van der Waals surface area contributed by atoms with E-state index < -0.39 is 0 Å². The Kier molecular flexibility index (Phi) is 4.84. The number of nitrogens with zero attached hydrogens (tertiary/aromatic N) is 1. The number of carbonyl (C=O) groups excluding carboxylic acids is 1. The minimum atomic E-state index is 0.0262. The Morgan fingerprint density at radius 2 is 2.00 bits per heavy atom. The number of hydrogen-bond donors (Lipinski definition) is 0. The molecule has 1 amide bonds. The summed E-state index contributed by atoms with van der Waals surface area (Å²) in [5.41, 5.74) is 0.692. The van der Waals surface area contributed by atoms with Crippen LogP contribution >= 0.6 is 27.3 Å². The van der Waals surface area contributed by atoms with Gasteiger partial charge in [-0.15, -0.1) is 11.3 Å². The van der Waals surface area contributed by atoms with E-state index in [1.165, 1.54) is 12.8 Å². The lowest BCUT2D eigenvalue weighted by Crippen LogP contribution is -2.25. The summed E-state index contributed by atoms with van der Waals surface area (Å²) in [6.07, 6.45) is 2.56. The van der Waals surface area contributed by atoms with Crippen molar-refractivity contribution in [2.24, 2.45) is 5.92 Å². The van der Waals surface area contributed by atoms with E-state index in [9.17, 15) is 4.79 Å². The Morgan fingerprint density at radius 3 is 2.59 bits per heavy atom. The van der Waals surface area contributed by atoms with Crippen molar-refractivity contribution in [2.45, 2.75) is 19.4 Å². The van der Waals surface area contributed by atoms with E-state index in [1.54, 1.807) is 16.2 Å². The van der Waals surface area contributed by atoms with Gasteiger partial charge in [-0.3, -0.25) is 4.79 Å². The summed E-state index contributed by atoms with van der Waals surface area (Å²) < 4.78 is 6.78. The molecule has 1 aliphatic rings. The van der Waals surface area contributed by atoms with Gasteiger partial charge < -0.3 is 9.64 Å². The Labute approximate surface area is 143 Å². The van der Waals surface area contributed by atoms with Crippen molar-refractivity contribution in [3.05, 3.63) is 50.6 Å². The smallest absolute Gasteiger partial charge is 0.253 e. The van der Waals surface area contributed by atoms with Crippen LogP contribution in [-0.4, -0.2) is 24.5 Å². The maximum atomic E-state index is 12.4. The topological polar surface area (TPSA) is 29.5 Å². The Hall–Kier alpha value is -1.33. The molecule has 116 valence electrons. The molecule has 0 unspecified atom stereocenters. The zero-order chi connectivity index (χ0) is 15.5. The van der Waals surface area contributed by atoms with Crippen LogP contribution in [0, 0.1) is 5.92 Å². The summed E-state index contributed by atoms with van der Waals surface area (Å²) in [4.78, 5) is 15.3.